The van der Waals surface area contributed by atoms with Gasteiger partial charge in [-0.15, -0.1) is 5.10 Å². The van der Waals surface area contributed by atoms with Crippen molar-refractivity contribution in [1.82, 2.24) is 10.2 Å². The molecular weight excluding hydrogens is 423 g/mol. The van der Waals surface area contributed by atoms with E-state index in [0.717, 1.165) is 11.3 Å². The average Bonchev–Trinajstić information content (AvgIpc) is 3.12. The molecule has 3 aromatic rings. The van der Waals surface area contributed by atoms with Crippen molar-refractivity contribution in [2.75, 3.05) is 7.11 Å². The van der Waals surface area contributed by atoms with Gasteiger partial charge in [0.15, 0.2) is 11.5 Å². The predicted molar refractivity (Wildman–Crippen MR) is 111 cm³/mol. The summed E-state index contributed by atoms with van der Waals surface area (Å²) >= 11 is 6.54. The van der Waals surface area contributed by atoms with Gasteiger partial charge in [-0.25, -0.2) is 4.39 Å². The number of fused-ring (bicyclic) bond motifs is 1. The number of halogens is 2. The van der Waals surface area contributed by atoms with E-state index in [2.05, 4.69) is 16.3 Å². The summed E-state index contributed by atoms with van der Waals surface area (Å²) in [6.07, 6.45) is 0. The summed E-state index contributed by atoms with van der Waals surface area (Å²) in [5, 5.41) is 17.0. The molecule has 0 amide bonds. The molecule has 4 rings (SSSR count). The highest BCUT2D eigenvalue weighted by atomic mass is 35.5. The zero-order valence-corrected chi connectivity index (χ0v) is 17.5. The Bertz CT molecular complexity index is 1210. The number of hydrogen-bond acceptors (Lipinski definition) is 6. The van der Waals surface area contributed by atoms with Crippen LogP contribution in [-0.4, -0.2) is 17.3 Å². The van der Waals surface area contributed by atoms with Crippen LogP contribution in [0.5, 0.6) is 17.4 Å². The summed E-state index contributed by atoms with van der Waals surface area (Å²) in [4.78, 5) is 0. The van der Waals surface area contributed by atoms with Gasteiger partial charge < -0.3 is 19.9 Å². The van der Waals surface area contributed by atoms with Crippen LogP contribution >= 0.6 is 11.6 Å². The predicted octanol–water partition coefficient (Wildman–Crippen LogP) is 4.32. The second kappa shape index (κ2) is 8.20. The van der Waals surface area contributed by atoms with Gasteiger partial charge in [0, 0.05) is 11.3 Å². The molecule has 9 heteroatoms. The number of aryl methyl sites for hydroxylation is 1. The lowest BCUT2D eigenvalue weighted by molar-refractivity contribution is 0.284. The van der Waals surface area contributed by atoms with E-state index in [1.807, 2.05) is 6.92 Å². The summed E-state index contributed by atoms with van der Waals surface area (Å²) in [5.74, 6) is 0.155. The highest BCUT2D eigenvalue weighted by Crippen LogP contribution is 2.46. The number of nitrogens with two attached hydrogens (primary N) is 1. The molecule has 2 heterocycles. The number of methoxy groups -OCH3 is 1. The van der Waals surface area contributed by atoms with Crippen molar-refractivity contribution in [3.8, 4) is 23.4 Å². The van der Waals surface area contributed by atoms with Gasteiger partial charge in [-0.2, -0.15) is 5.26 Å². The van der Waals surface area contributed by atoms with Crippen LogP contribution < -0.4 is 19.9 Å². The first kappa shape index (κ1) is 20.6. The first-order valence-corrected chi connectivity index (χ1v) is 9.67. The number of rotatable bonds is 5. The molecular formula is C22H18ClFN4O3. The molecule has 0 saturated heterocycles. The van der Waals surface area contributed by atoms with Crippen molar-refractivity contribution in [2.45, 2.75) is 19.4 Å². The number of aromatic amines is 1. The topological polar surface area (TPSA) is 106 Å². The third-order valence-electron chi connectivity index (χ3n) is 5.01. The van der Waals surface area contributed by atoms with Gasteiger partial charge in [0.1, 0.15) is 24.1 Å². The number of nitriles is 1. The minimum absolute atomic E-state index is 0.0155. The minimum Gasteiger partial charge on any atom is -0.493 e. The molecule has 158 valence electrons. The van der Waals surface area contributed by atoms with Crippen molar-refractivity contribution in [3.63, 3.8) is 0 Å². The van der Waals surface area contributed by atoms with Crippen LogP contribution in [0.25, 0.3) is 0 Å². The largest absolute Gasteiger partial charge is 0.493 e. The molecule has 0 aliphatic carbocycles. The van der Waals surface area contributed by atoms with Crippen LogP contribution in [0.2, 0.25) is 5.02 Å². The Hall–Kier alpha value is -3.70. The third kappa shape index (κ3) is 3.76. The highest BCUT2D eigenvalue weighted by molar-refractivity contribution is 6.32. The summed E-state index contributed by atoms with van der Waals surface area (Å²) in [5.41, 5.74) is 9.10. The van der Waals surface area contributed by atoms with Crippen molar-refractivity contribution in [1.29, 1.82) is 5.26 Å². The van der Waals surface area contributed by atoms with Crippen LogP contribution in [0, 0.1) is 24.1 Å². The second-order valence-corrected chi connectivity index (χ2v) is 7.35. The zero-order chi connectivity index (χ0) is 22.1. The van der Waals surface area contributed by atoms with Gasteiger partial charge in [0.2, 0.25) is 11.8 Å². The van der Waals surface area contributed by atoms with E-state index < -0.39 is 5.92 Å². The van der Waals surface area contributed by atoms with Crippen molar-refractivity contribution in [2.24, 2.45) is 5.73 Å². The molecule has 0 spiro atoms. The fourth-order valence-corrected chi connectivity index (χ4v) is 3.79. The molecule has 0 radical (unpaired) electrons. The molecule has 1 aliphatic heterocycles. The summed E-state index contributed by atoms with van der Waals surface area (Å²) < 4.78 is 30.0. The van der Waals surface area contributed by atoms with Gasteiger partial charge in [0.25, 0.3) is 0 Å². The van der Waals surface area contributed by atoms with Gasteiger partial charge >= 0.3 is 0 Å². The second-order valence-electron chi connectivity index (χ2n) is 6.94. The molecule has 0 bridgehead atoms. The number of H-pyrrole nitrogens is 1. The number of allylic oxidation sites excluding steroid dienone is 1. The highest BCUT2D eigenvalue weighted by Gasteiger charge is 2.35. The average molecular weight is 441 g/mol. The van der Waals surface area contributed by atoms with Crippen LogP contribution in [0.3, 0.4) is 0 Å². The molecule has 31 heavy (non-hydrogen) atoms. The zero-order valence-electron chi connectivity index (χ0n) is 16.7. The Balaban J connectivity index is 1.73. The fraction of sp³-hybridized carbons (Fsp3) is 0.182. The molecule has 1 aliphatic rings. The van der Waals surface area contributed by atoms with Crippen LogP contribution in [-0.2, 0) is 6.61 Å². The maximum Gasteiger partial charge on any atom is 0.244 e. The number of hydrogen-bond donors (Lipinski definition) is 2. The SMILES string of the molecule is COc1cc([C@@H]2C(C#N)=C(N)Oc3n[nH]c(C)c32)cc(Cl)c1OCc1ccc(F)cc1. The van der Waals surface area contributed by atoms with E-state index in [-0.39, 0.29) is 23.9 Å². The number of nitrogens with zero attached hydrogens (tertiary/aromatic N) is 2. The summed E-state index contributed by atoms with van der Waals surface area (Å²) in [7, 11) is 1.49. The molecule has 1 aromatic heterocycles. The molecule has 0 unspecified atom stereocenters. The van der Waals surface area contributed by atoms with Crippen LogP contribution in [0.15, 0.2) is 47.9 Å². The lowest BCUT2D eigenvalue weighted by Gasteiger charge is -2.24. The van der Waals surface area contributed by atoms with Gasteiger partial charge in [-0.1, -0.05) is 23.7 Å². The molecule has 1 atom stereocenters. The lowest BCUT2D eigenvalue weighted by Crippen LogP contribution is -2.21. The third-order valence-corrected chi connectivity index (χ3v) is 5.29. The lowest BCUT2D eigenvalue weighted by atomic mass is 9.84. The molecule has 0 saturated carbocycles. The van der Waals surface area contributed by atoms with E-state index in [4.69, 9.17) is 31.5 Å². The minimum atomic E-state index is -0.537. The van der Waals surface area contributed by atoms with E-state index in [9.17, 15) is 9.65 Å². The summed E-state index contributed by atoms with van der Waals surface area (Å²) in [6.45, 7) is 2.01. The van der Waals surface area contributed by atoms with Crippen LogP contribution in [0.1, 0.15) is 28.3 Å². The standard InChI is InChI=1S/C22H18ClFN4O3/c1-11-18-19(15(9-25)21(26)31-22(18)28-27-11)13-7-16(23)20(17(8-13)29-2)30-10-12-3-5-14(24)6-4-12/h3-8,19H,10,26H2,1-2H3,(H,27,28)/t19-/m1/s1. The van der Waals surface area contributed by atoms with Crippen molar-refractivity contribution in [3.05, 3.63) is 81.1 Å². The normalized spacial score (nSPS) is 15.1. The van der Waals surface area contributed by atoms with Gasteiger partial charge in [-0.3, -0.25) is 5.10 Å². The monoisotopic (exact) mass is 440 g/mol. The van der Waals surface area contributed by atoms with E-state index in [1.54, 1.807) is 24.3 Å². The summed E-state index contributed by atoms with van der Waals surface area (Å²) in [6, 6.07) is 11.5. The maximum absolute atomic E-state index is 13.1. The number of aromatic nitrogens is 2. The van der Waals surface area contributed by atoms with E-state index in [1.165, 1.54) is 19.2 Å². The Morgan fingerprint density at radius 3 is 2.74 bits per heavy atom. The number of ether oxygens (including phenoxy) is 3. The molecule has 2 aromatic carbocycles. The van der Waals surface area contributed by atoms with Crippen LogP contribution in [0.4, 0.5) is 4.39 Å². The smallest absolute Gasteiger partial charge is 0.244 e. The number of benzene rings is 2. The first-order valence-electron chi connectivity index (χ1n) is 9.30. The van der Waals surface area contributed by atoms with E-state index in [0.29, 0.717) is 33.5 Å². The molecule has 7 nitrogen and oxygen atoms in total. The van der Waals surface area contributed by atoms with Gasteiger partial charge in [-0.05, 0) is 42.3 Å². The Labute approximate surface area is 182 Å². The van der Waals surface area contributed by atoms with Crippen molar-refractivity contribution < 1.29 is 18.6 Å². The molecule has 0 fully saturated rings. The van der Waals surface area contributed by atoms with E-state index >= 15 is 0 Å². The Morgan fingerprint density at radius 1 is 1.32 bits per heavy atom. The fourth-order valence-electron chi connectivity index (χ4n) is 3.51. The van der Waals surface area contributed by atoms with Crippen molar-refractivity contribution >= 4 is 11.6 Å². The quantitative estimate of drug-likeness (QED) is 0.612. The Morgan fingerprint density at radius 2 is 2.06 bits per heavy atom. The molecule has 3 N–H and O–H groups in total. The first-order chi connectivity index (χ1) is 14.9. The maximum atomic E-state index is 13.1. The van der Waals surface area contributed by atoms with Gasteiger partial charge in [0.05, 0.1) is 18.1 Å². The number of nitrogens with one attached hydrogen (secondary N) is 1. The Kier molecular flexibility index (Phi) is 5.44.